The number of unbranched alkanes of at least 4 members (excludes halogenated alkanes) is 1. The zero-order valence-corrected chi connectivity index (χ0v) is 5.68. The fraction of sp³-hybridized carbons (Fsp3) is 0.833. The summed E-state index contributed by atoms with van der Waals surface area (Å²) in [5.74, 6) is -0.511. The molecule has 1 amide bonds. The monoisotopic (exact) mass is 129 g/mol. The van der Waals surface area contributed by atoms with Gasteiger partial charge < -0.3 is 5.73 Å². The van der Waals surface area contributed by atoms with Crippen LogP contribution in [-0.4, -0.2) is 11.9 Å². The summed E-state index contributed by atoms with van der Waals surface area (Å²) in [7, 11) is 0. The summed E-state index contributed by atoms with van der Waals surface area (Å²) >= 11 is 0. The van der Waals surface area contributed by atoms with Crippen LogP contribution in [0.3, 0.4) is 0 Å². The van der Waals surface area contributed by atoms with E-state index in [0.717, 1.165) is 12.8 Å². The van der Waals surface area contributed by atoms with E-state index in [1.54, 1.807) is 0 Å². The van der Waals surface area contributed by atoms with Crippen LogP contribution in [0.25, 0.3) is 0 Å². The lowest BCUT2D eigenvalue weighted by Crippen LogP contribution is -2.29. The Labute approximate surface area is 55.4 Å². The molecule has 0 aromatic rings. The fourth-order valence-corrected chi connectivity index (χ4v) is 0.551. The Hall–Kier alpha value is -0.570. The van der Waals surface area contributed by atoms with Crippen LogP contribution in [0.1, 0.15) is 26.2 Å². The van der Waals surface area contributed by atoms with Gasteiger partial charge in [0.25, 0.3) is 0 Å². The van der Waals surface area contributed by atoms with E-state index in [-0.39, 0.29) is 0 Å². The molecular formula is C6H13N2O. The van der Waals surface area contributed by atoms with Gasteiger partial charge in [-0.3, -0.25) is 4.79 Å². The number of carbonyl (C=O) groups is 1. The van der Waals surface area contributed by atoms with E-state index < -0.39 is 11.9 Å². The number of hydrogen-bond donors (Lipinski definition) is 1. The van der Waals surface area contributed by atoms with E-state index in [1.165, 1.54) is 0 Å². The lowest BCUT2D eigenvalue weighted by molar-refractivity contribution is -0.119. The van der Waals surface area contributed by atoms with Crippen molar-refractivity contribution in [2.24, 2.45) is 5.73 Å². The lowest BCUT2D eigenvalue weighted by Gasteiger charge is -2.02. The summed E-state index contributed by atoms with van der Waals surface area (Å²) in [6.45, 7) is 2.02. The first kappa shape index (κ1) is 8.43. The van der Waals surface area contributed by atoms with Crippen molar-refractivity contribution in [3.63, 3.8) is 0 Å². The smallest absolute Gasteiger partial charge is 0.235 e. The SMILES string of the molecule is CCCCC([NH])C(N)=O. The largest absolute Gasteiger partial charge is 0.368 e. The van der Waals surface area contributed by atoms with E-state index in [1.807, 2.05) is 6.92 Å². The van der Waals surface area contributed by atoms with Crippen LogP contribution in [0.5, 0.6) is 0 Å². The molecule has 0 bridgehead atoms. The molecule has 1 radical (unpaired) electrons. The van der Waals surface area contributed by atoms with Crippen LogP contribution in [0.15, 0.2) is 0 Å². The van der Waals surface area contributed by atoms with Gasteiger partial charge in [-0.2, -0.15) is 0 Å². The maximum Gasteiger partial charge on any atom is 0.235 e. The molecule has 0 spiro atoms. The molecule has 0 saturated carbocycles. The number of primary amides is 1. The molecule has 0 aliphatic rings. The minimum absolute atomic E-state index is 0.511. The number of rotatable bonds is 4. The van der Waals surface area contributed by atoms with Crippen LogP contribution < -0.4 is 11.5 Å². The molecule has 1 unspecified atom stereocenters. The molecule has 3 nitrogen and oxygen atoms in total. The Morgan fingerprint density at radius 1 is 1.78 bits per heavy atom. The number of nitrogens with one attached hydrogen (secondary N) is 1. The molecule has 3 N–H and O–H groups in total. The van der Waals surface area contributed by atoms with Gasteiger partial charge in [0.05, 0.1) is 6.04 Å². The zero-order valence-electron chi connectivity index (χ0n) is 5.68. The topological polar surface area (TPSA) is 66.9 Å². The second kappa shape index (κ2) is 4.32. The third-order valence-electron chi connectivity index (χ3n) is 1.19. The summed E-state index contributed by atoms with van der Waals surface area (Å²) in [4.78, 5) is 10.2. The number of nitrogens with two attached hydrogens (primary N) is 1. The van der Waals surface area contributed by atoms with Gasteiger partial charge >= 0.3 is 0 Å². The first-order valence-corrected chi connectivity index (χ1v) is 3.19. The molecule has 1 atom stereocenters. The van der Waals surface area contributed by atoms with Crippen molar-refractivity contribution in [1.82, 2.24) is 5.73 Å². The molecule has 0 saturated heterocycles. The third-order valence-corrected chi connectivity index (χ3v) is 1.19. The van der Waals surface area contributed by atoms with Gasteiger partial charge in [0.15, 0.2) is 0 Å². The first-order chi connectivity index (χ1) is 4.18. The van der Waals surface area contributed by atoms with E-state index in [2.05, 4.69) is 0 Å². The third kappa shape index (κ3) is 3.97. The highest BCUT2D eigenvalue weighted by atomic mass is 16.1. The first-order valence-electron chi connectivity index (χ1n) is 3.19. The van der Waals surface area contributed by atoms with Crippen LogP contribution >= 0.6 is 0 Å². The standard InChI is InChI=1S/C6H13N2O/c1-2-3-4-5(7)6(8)9/h5,7H,2-4H2,1H3,(H2,8,9). The van der Waals surface area contributed by atoms with Crippen molar-refractivity contribution in [3.05, 3.63) is 0 Å². The molecule has 9 heavy (non-hydrogen) atoms. The second-order valence-electron chi connectivity index (χ2n) is 2.10. The Morgan fingerprint density at radius 2 is 2.33 bits per heavy atom. The van der Waals surface area contributed by atoms with Gasteiger partial charge in [-0.05, 0) is 6.42 Å². The van der Waals surface area contributed by atoms with Crippen molar-refractivity contribution >= 4 is 5.91 Å². The van der Waals surface area contributed by atoms with Gasteiger partial charge in [0, 0.05) is 0 Å². The van der Waals surface area contributed by atoms with Gasteiger partial charge in [0.1, 0.15) is 0 Å². The van der Waals surface area contributed by atoms with Crippen molar-refractivity contribution in [3.8, 4) is 0 Å². The average Bonchev–Trinajstić information content (AvgIpc) is 1.82. The van der Waals surface area contributed by atoms with Gasteiger partial charge in [-0.25, -0.2) is 5.73 Å². The fourth-order valence-electron chi connectivity index (χ4n) is 0.551. The van der Waals surface area contributed by atoms with Crippen LogP contribution in [0, 0.1) is 0 Å². The van der Waals surface area contributed by atoms with Gasteiger partial charge in [-0.1, -0.05) is 19.8 Å². The lowest BCUT2D eigenvalue weighted by atomic mass is 10.1. The molecule has 0 aromatic carbocycles. The summed E-state index contributed by atoms with van der Waals surface area (Å²) in [6, 6.07) is -0.690. The summed E-state index contributed by atoms with van der Waals surface area (Å²) in [5, 5.41) is 0. The highest BCUT2D eigenvalue weighted by Crippen LogP contribution is 1.97. The van der Waals surface area contributed by atoms with E-state index in [4.69, 9.17) is 11.5 Å². The second-order valence-corrected chi connectivity index (χ2v) is 2.10. The quantitative estimate of drug-likeness (QED) is 0.583. The summed E-state index contributed by atoms with van der Waals surface area (Å²) in [5.41, 5.74) is 11.9. The normalized spacial score (nSPS) is 13.1. The molecule has 0 heterocycles. The van der Waals surface area contributed by atoms with E-state index in [0.29, 0.717) is 6.42 Å². The predicted molar refractivity (Wildman–Crippen MR) is 35.6 cm³/mol. The molecule has 0 rings (SSSR count). The van der Waals surface area contributed by atoms with Gasteiger partial charge in [-0.15, -0.1) is 0 Å². The van der Waals surface area contributed by atoms with Crippen LogP contribution in [0.4, 0.5) is 0 Å². The van der Waals surface area contributed by atoms with Crippen LogP contribution in [-0.2, 0) is 4.79 Å². The van der Waals surface area contributed by atoms with Gasteiger partial charge in [0.2, 0.25) is 5.91 Å². The molecule has 3 heteroatoms. The number of amides is 1. The molecule has 0 fully saturated rings. The minimum Gasteiger partial charge on any atom is -0.368 e. The molecule has 0 aliphatic heterocycles. The van der Waals surface area contributed by atoms with Crippen molar-refractivity contribution in [1.29, 1.82) is 0 Å². The van der Waals surface area contributed by atoms with E-state index in [9.17, 15) is 4.79 Å². The van der Waals surface area contributed by atoms with E-state index >= 15 is 0 Å². The molecule has 0 aromatic heterocycles. The molecular weight excluding hydrogens is 116 g/mol. The van der Waals surface area contributed by atoms with Crippen molar-refractivity contribution in [2.45, 2.75) is 32.2 Å². The Morgan fingerprint density at radius 3 is 2.67 bits per heavy atom. The summed E-state index contributed by atoms with van der Waals surface area (Å²) in [6.07, 6.45) is 2.53. The number of hydrogen-bond acceptors (Lipinski definition) is 1. The van der Waals surface area contributed by atoms with Crippen LogP contribution in [0.2, 0.25) is 0 Å². The van der Waals surface area contributed by atoms with Crippen molar-refractivity contribution in [2.75, 3.05) is 0 Å². The molecule has 0 aliphatic carbocycles. The minimum atomic E-state index is -0.690. The Bertz CT molecular complexity index is 93.1. The maximum atomic E-state index is 10.2. The summed E-state index contributed by atoms with van der Waals surface area (Å²) < 4.78 is 0. The highest BCUT2D eigenvalue weighted by molar-refractivity contribution is 5.79. The number of carbonyl (C=O) groups excluding carboxylic acids is 1. The Balaban J connectivity index is 3.27. The molecule has 53 valence electrons. The maximum absolute atomic E-state index is 10.2. The Kier molecular flexibility index (Phi) is 4.05. The van der Waals surface area contributed by atoms with Crippen molar-refractivity contribution < 1.29 is 4.79 Å². The average molecular weight is 129 g/mol. The predicted octanol–water partition coefficient (Wildman–Crippen LogP) is 0.313. The zero-order chi connectivity index (χ0) is 7.28. The highest BCUT2D eigenvalue weighted by Gasteiger charge is 2.07.